The molecule has 0 aliphatic rings. The molecule has 0 bridgehead atoms. The van der Waals surface area contributed by atoms with Crippen molar-refractivity contribution in [1.29, 1.82) is 0 Å². The van der Waals surface area contributed by atoms with Gasteiger partial charge in [-0.3, -0.25) is 9.59 Å². The number of primary amides is 1. The molecule has 1 aromatic heterocycles. The summed E-state index contributed by atoms with van der Waals surface area (Å²) >= 11 is 0. The summed E-state index contributed by atoms with van der Waals surface area (Å²) in [7, 11) is 0. The van der Waals surface area contributed by atoms with Crippen LogP contribution in [-0.4, -0.2) is 27.6 Å². The number of aromatic nitrogens is 2. The number of benzene rings is 1. The number of carbonyl (C=O) groups excluding carboxylic acids is 2. The van der Waals surface area contributed by atoms with Crippen molar-refractivity contribution in [2.75, 3.05) is 0 Å². The number of hydrogen-bond acceptors (Lipinski definition) is 6. The number of hydrogen-bond donors (Lipinski definition) is 1. The second-order valence-corrected chi connectivity index (χ2v) is 7.13. The van der Waals surface area contributed by atoms with E-state index in [2.05, 4.69) is 10.1 Å². The van der Waals surface area contributed by atoms with Gasteiger partial charge >= 0.3 is 5.97 Å². The van der Waals surface area contributed by atoms with Crippen molar-refractivity contribution in [2.45, 2.75) is 58.5 Å². The van der Waals surface area contributed by atoms with Crippen LogP contribution in [0.5, 0.6) is 0 Å². The number of rotatable bonds is 8. The van der Waals surface area contributed by atoms with E-state index in [9.17, 15) is 9.59 Å². The van der Waals surface area contributed by atoms with Crippen molar-refractivity contribution in [3.63, 3.8) is 0 Å². The molecule has 0 aliphatic heterocycles. The highest BCUT2D eigenvalue weighted by Crippen LogP contribution is 2.20. The third kappa shape index (κ3) is 6.31. The average molecular weight is 359 g/mol. The Labute approximate surface area is 152 Å². The van der Waals surface area contributed by atoms with Crippen molar-refractivity contribution in [1.82, 2.24) is 10.1 Å². The van der Waals surface area contributed by atoms with Crippen molar-refractivity contribution in [2.24, 2.45) is 5.73 Å². The molecule has 0 radical (unpaired) electrons. The molecule has 1 amide bonds. The highest BCUT2D eigenvalue weighted by molar-refractivity contribution is 5.89. The fourth-order valence-electron chi connectivity index (χ4n) is 2.47. The Morgan fingerprint density at radius 1 is 1.19 bits per heavy atom. The largest absolute Gasteiger partial charge is 0.460 e. The van der Waals surface area contributed by atoms with E-state index in [-0.39, 0.29) is 17.7 Å². The number of unbranched alkanes of at least 4 members (excludes halogenated alkanes) is 2. The average Bonchev–Trinajstić information content (AvgIpc) is 3.03. The summed E-state index contributed by atoms with van der Waals surface area (Å²) in [4.78, 5) is 26.7. The number of nitrogens with two attached hydrogens (primary N) is 1. The van der Waals surface area contributed by atoms with E-state index < -0.39 is 11.5 Å². The minimum atomic E-state index is -0.721. The van der Waals surface area contributed by atoms with E-state index in [0.717, 1.165) is 36.8 Å². The maximum absolute atomic E-state index is 11.7. The zero-order valence-electron chi connectivity index (χ0n) is 15.4. The molecule has 1 heterocycles. The van der Waals surface area contributed by atoms with Crippen LogP contribution in [0.15, 0.2) is 28.8 Å². The van der Waals surface area contributed by atoms with Crippen molar-refractivity contribution in [3.05, 3.63) is 35.7 Å². The minimum Gasteiger partial charge on any atom is -0.460 e. The fourth-order valence-corrected chi connectivity index (χ4v) is 2.47. The van der Waals surface area contributed by atoms with E-state index in [1.54, 1.807) is 0 Å². The number of nitrogens with zero attached hydrogens (tertiary/aromatic N) is 2. The number of amides is 1. The number of aryl methyl sites for hydroxylation is 1. The van der Waals surface area contributed by atoms with Crippen LogP contribution >= 0.6 is 0 Å². The molecule has 0 saturated heterocycles. The van der Waals surface area contributed by atoms with Crippen LogP contribution in [-0.2, 0) is 16.0 Å². The maximum Gasteiger partial charge on any atom is 0.306 e. The molecule has 7 heteroatoms. The molecule has 0 unspecified atom stereocenters. The van der Waals surface area contributed by atoms with Gasteiger partial charge < -0.3 is 15.0 Å². The topological polar surface area (TPSA) is 108 Å². The van der Waals surface area contributed by atoms with Crippen LogP contribution in [0.4, 0.5) is 0 Å². The van der Waals surface area contributed by atoms with E-state index in [1.165, 1.54) is 0 Å². The molecule has 2 rings (SSSR count). The summed E-state index contributed by atoms with van der Waals surface area (Å²) in [6.45, 7) is 5.61. The van der Waals surface area contributed by atoms with Gasteiger partial charge in [0, 0.05) is 12.0 Å². The second-order valence-electron chi connectivity index (χ2n) is 7.13. The molecular weight excluding hydrogens is 334 g/mol. The molecule has 0 atom stereocenters. The maximum atomic E-state index is 11.7. The monoisotopic (exact) mass is 359 g/mol. The van der Waals surface area contributed by atoms with E-state index >= 15 is 0 Å². The number of carbonyl (C=O) groups is 2. The lowest BCUT2D eigenvalue weighted by atomic mass is 10.0. The predicted molar refractivity (Wildman–Crippen MR) is 96.3 cm³/mol. The molecule has 0 spiro atoms. The van der Waals surface area contributed by atoms with Crippen LogP contribution < -0.4 is 5.73 Å². The lowest BCUT2D eigenvalue weighted by molar-refractivity contribution is -0.154. The minimum absolute atomic E-state index is 0.132. The summed E-state index contributed by atoms with van der Waals surface area (Å²) < 4.78 is 10.4. The highest BCUT2D eigenvalue weighted by atomic mass is 16.6. The first-order chi connectivity index (χ1) is 12.2. The third-order valence-electron chi connectivity index (χ3n) is 3.59. The molecule has 0 fully saturated rings. The Bertz CT molecular complexity index is 762. The molecule has 1 aromatic carbocycles. The van der Waals surface area contributed by atoms with Gasteiger partial charge in [-0.25, -0.2) is 0 Å². The number of ether oxygens (including phenoxy) is 1. The standard InChI is InChI=1S/C19H25N3O4/c1-19(2,3)25-15(23)11-6-4-5-8-13-9-7-10-14(12-13)18-21-17(16(20)24)22-26-18/h7,9-10,12H,4-6,8,11H2,1-3H3,(H2,20,24). The van der Waals surface area contributed by atoms with Crippen molar-refractivity contribution in [3.8, 4) is 11.5 Å². The Morgan fingerprint density at radius 2 is 1.96 bits per heavy atom. The van der Waals surface area contributed by atoms with Crippen LogP contribution in [0.1, 0.15) is 62.6 Å². The van der Waals surface area contributed by atoms with Gasteiger partial charge in [0.25, 0.3) is 17.6 Å². The number of esters is 1. The van der Waals surface area contributed by atoms with Crippen LogP contribution in [0.3, 0.4) is 0 Å². The summed E-state index contributed by atoms with van der Waals surface area (Å²) in [5, 5.41) is 3.55. The van der Waals surface area contributed by atoms with Crippen LogP contribution in [0, 0.1) is 0 Å². The molecule has 26 heavy (non-hydrogen) atoms. The molecule has 2 aromatic rings. The summed E-state index contributed by atoms with van der Waals surface area (Å²) in [6, 6.07) is 7.71. The smallest absolute Gasteiger partial charge is 0.306 e. The molecule has 140 valence electrons. The Hall–Kier alpha value is -2.70. The predicted octanol–water partition coefficient (Wildman–Crippen LogP) is 3.28. The SMILES string of the molecule is CC(C)(C)OC(=O)CCCCCc1cccc(-c2nc(C(N)=O)no2)c1. The Morgan fingerprint density at radius 3 is 2.62 bits per heavy atom. The van der Waals surface area contributed by atoms with Gasteiger partial charge in [-0.1, -0.05) is 23.7 Å². The summed E-state index contributed by atoms with van der Waals surface area (Å²) in [5.74, 6) is -0.736. The van der Waals surface area contributed by atoms with Gasteiger partial charge in [0.2, 0.25) is 0 Å². The molecule has 0 aliphatic carbocycles. The lowest BCUT2D eigenvalue weighted by Gasteiger charge is -2.19. The third-order valence-corrected chi connectivity index (χ3v) is 3.59. The van der Waals surface area contributed by atoms with Crippen molar-refractivity contribution < 1.29 is 18.8 Å². The van der Waals surface area contributed by atoms with E-state index in [0.29, 0.717) is 6.42 Å². The van der Waals surface area contributed by atoms with Gasteiger partial charge in [-0.2, -0.15) is 4.98 Å². The normalized spacial score (nSPS) is 11.3. The van der Waals surface area contributed by atoms with E-state index in [4.69, 9.17) is 15.0 Å². The second kappa shape index (κ2) is 8.60. The molecular formula is C19H25N3O4. The van der Waals surface area contributed by atoms with Gasteiger partial charge in [-0.15, -0.1) is 0 Å². The first-order valence-corrected chi connectivity index (χ1v) is 8.69. The van der Waals surface area contributed by atoms with Crippen molar-refractivity contribution >= 4 is 11.9 Å². The lowest BCUT2D eigenvalue weighted by Crippen LogP contribution is -2.23. The summed E-state index contributed by atoms with van der Waals surface area (Å²) in [5.41, 5.74) is 6.57. The molecule has 7 nitrogen and oxygen atoms in total. The van der Waals surface area contributed by atoms with Crippen LogP contribution in [0.25, 0.3) is 11.5 Å². The van der Waals surface area contributed by atoms with Gasteiger partial charge in [0.05, 0.1) is 0 Å². The fraction of sp³-hybridized carbons (Fsp3) is 0.474. The first-order valence-electron chi connectivity index (χ1n) is 8.69. The molecule has 0 saturated carbocycles. The zero-order chi connectivity index (χ0) is 19.2. The van der Waals surface area contributed by atoms with Gasteiger partial charge in [0.1, 0.15) is 5.60 Å². The molecule has 2 N–H and O–H groups in total. The van der Waals surface area contributed by atoms with Gasteiger partial charge in [0.15, 0.2) is 0 Å². The Balaban J connectivity index is 1.80. The van der Waals surface area contributed by atoms with E-state index in [1.807, 2.05) is 45.0 Å². The first kappa shape index (κ1) is 19.6. The van der Waals surface area contributed by atoms with Gasteiger partial charge in [-0.05, 0) is 57.7 Å². The quantitative estimate of drug-likeness (QED) is 0.572. The zero-order valence-corrected chi connectivity index (χ0v) is 15.4. The Kier molecular flexibility index (Phi) is 6.49. The van der Waals surface area contributed by atoms with Crippen LogP contribution in [0.2, 0.25) is 0 Å². The highest BCUT2D eigenvalue weighted by Gasteiger charge is 2.15. The summed E-state index contributed by atoms with van der Waals surface area (Å²) in [6.07, 6.45) is 4.02.